The van der Waals surface area contributed by atoms with Crippen molar-refractivity contribution in [3.8, 4) is 5.75 Å². The molecule has 0 fully saturated rings. The summed E-state index contributed by atoms with van der Waals surface area (Å²) < 4.78 is 31.3. The van der Waals surface area contributed by atoms with Crippen molar-refractivity contribution < 1.29 is 17.9 Å². The van der Waals surface area contributed by atoms with Crippen molar-refractivity contribution in [3.63, 3.8) is 0 Å². The number of nitrogens with one attached hydrogen (secondary N) is 1. The molecule has 0 saturated heterocycles. The SMILES string of the molecule is Cc1ccc(OCCC(=O)Nc2cc(S(=O)(=O)N(C)C)ccc2C)c(C)c1. The average molecular weight is 391 g/mol. The Kier molecular flexibility index (Phi) is 6.62. The predicted molar refractivity (Wildman–Crippen MR) is 107 cm³/mol. The Balaban J connectivity index is 2.01. The van der Waals surface area contributed by atoms with Gasteiger partial charge in [-0.25, -0.2) is 12.7 Å². The fraction of sp³-hybridized carbons (Fsp3) is 0.350. The Morgan fingerprint density at radius 3 is 2.37 bits per heavy atom. The van der Waals surface area contributed by atoms with Crippen molar-refractivity contribution in [1.29, 1.82) is 0 Å². The molecule has 0 aliphatic rings. The molecule has 2 aromatic carbocycles. The van der Waals surface area contributed by atoms with E-state index in [0.717, 1.165) is 26.7 Å². The predicted octanol–water partition coefficient (Wildman–Crippen LogP) is 3.27. The number of sulfonamides is 1. The number of aryl methyl sites for hydroxylation is 3. The van der Waals surface area contributed by atoms with E-state index in [-0.39, 0.29) is 23.8 Å². The maximum atomic E-state index is 12.3. The first-order valence-electron chi connectivity index (χ1n) is 8.64. The molecule has 0 bridgehead atoms. The molecule has 0 unspecified atom stereocenters. The van der Waals surface area contributed by atoms with E-state index in [9.17, 15) is 13.2 Å². The summed E-state index contributed by atoms with van der Waals surface area (Å²) in [5.41, 5.74) is 3.44. The van der Waals surface area contributed by atoms with Gasteiger partial charge in [0, 0.05) is 19.8 Å². The molecule has 2 aromatic rings. The van der Waals surface area contributed by atoms with Crippen LogP contribution >= 0.6 is 0 Å². The van der Waals surface area contributed by atoms with E-state index in [1.807, 2.05) is 39.0 Å². The molecule has 0 aromatic heterocycles. The molecule has 1 amide bonds. The van der Waals surface area contributed by atoms with Crippen molar-refractivity contribution in [2.75, 3.05) is 26.0 Å². The lowest BCUT2D eigenvalue weighted by atomic mass is 10.1. The van der Waals surface area contributed by atoms with Gasteiger partial charge in [-0.05, 0) is 50.1 Å². The number of hydrogen-bond acceptors (Lipinski definition) is 4. The van der Waals surface area contributed by atoms with Crippen molar-refractivity contribution in [1.82, 2.24) is 4.31 Å². The third kappa shape index (κ3) is 5.30. The first kappa shape index (κ1) is 20.9. The van der Waals surface area contributed by atoms with Crippen LogP contribution in [0.15, 0.2) is 41.3 Å². The van der Waals surface area contributed by atoms with Crippen LogP contribution < -0.4 is 10.1 Å². The van der Waals surface area contributed by atoms with Crippen LogP contribution in [0.25, 0.3) is 0 Å². The van der Waals surface area contributed by atoms with Crippen LogP contribution in [0.1, 0.15) is 23.1 Å². The summed E-state index contributed by atoms with van der Waals surface area (Å²) in [5.74, 6) is 0.519. The fourth-order valence-corrected chi connectivity index (χ4v) is 3.46. The standard InChI is InChI=1S/C20H26N2O4S/c1-14-6-9-19(16(3)12-14)26-11-10-20(23)21-18-13-17(8-7-15(18)2)27(24,25)22(4)5/h6-9,12-13H,10-11H2,1-5H3,(H,21,23). The van der Waals surface area contributed by atoms with Crippen LogP contribution in [-0.4, -0.2) is 39.3 Å². The van der Waals surface area contributed by atoms with Gasteiger partial charge in [-0.2, -0.15) is 0 Å². The zero-order valence-electron chi connectivity index (χ0n) is 16.4. The number of carbonyl (C=O) groups excluding carboxylic acids is 1. The molecule has 6 nitrogen and oxygen atoms in total. The number of nitrogens with zero attached hydrogens (tertiary/aromatic N) is 1. The summed E-state index contributed by atoms with van der Waals surface area (Å²) in [6, 6.07) is 10.6. The van der Waals surface area contributed by atoms with Crippen LogP contribution in [0.3, 0.4) is 0 Å². The van der Waals surface area contributed by atoms with Gasteiger partial charge >= 0.3 is 0 Å². The van der Waals surface area contributed by atoms with Gasteiger partial charge in [0.15, 0.2) is 0 Å². The summed E-state index contributed by atoms with van der Waals surface area (Å²) in [6.45, 7) is 6.03. The monoisotopic (exact) mass is 390 g/mol. The second-order valence-corrected chi connectivity index (χ2v) is 8.83. The zero-order valence-corrected chi connectivity index (χ0v) is 17.2. The third-order valence-electron chi connectivity index (χ3n) is 4.18. The molecule has 0 radical (unpaired) electrons. The van der Waals surface area contributed by atoms with Crippen LogP contribution in [-0.2, 0) is 14.8 Å². The van der Waals surface area contributed by atoms with Gasteiger partial charge in [0.05, 0.1) is 17.9 Å². The molecule has 7 heteroatoms. The smallest absolute Gasteiger partial charge is 0.242 e. The van der Waals surface area contributed by atoms with Gasteiger partial charge in [-0.15, -0.1) is 0 Å². The van der Waals surface area contributed by atoms with E-state index in [1.54, 1.807) is 6.07 Å². The molecule has 146 valence electrons. The Morgan fingerprint density at radius 1 is 1.04 bits per heavy atom. The molecule has 2 rings (SSSR count). The molecule has 0 spiro atoms. The van der Waals surface area contributed by atoms with Gasteiger partial charge in [-0.3, -0.25) is 4.79 Å². The van der Waals surface area contributed by atoms with Crippen LogP contribution in [0.5, 0.6) is 5.75 Å². The highest BCUT2D eigenvalue weighted by Gasteiger charge is 2.18. The number of amides is 1. The van der Waals surface area contributed by atoms with Gasteiger partial charge in [0.1, 0.15) is 5.75 Å². The molecular formula is C20H26N2O4S. The van der Waals surface area contributed by atoms with E-state index in [4.69, 9.17) is 4.74 Å². The van der Waals surface area contributed by atoms with E-state index in [2.05, 4.69) is 5.32 Å². The Labute approximate surface area is 161 Å². The summed E-state index contributed by atoms with van der Waals surface area (Å²) in [4.78, 5) is 12.4. The Hall–Kier alpha value is -2.38. The van der Waals surface area contributed by atoms with Crippen molar-refractivity contribution in [2.45, 2.75) is 32.1 Å². The number of hydrogen-bond donors (Lipinski definition) is 1. The molecule has 27 heavy (non-hydrogen) atoms. The van der Waals surface area contributed by atoms with Crippen LogP contribution in [0, 0.1) is 20.8 Å². The first-order chi connectivity index (χ1) is 12.6. The van der Waals surface area contributed by atoms with Crippen LogP contribution in [0.4, 0.5) is 5.69 Å². The molecule has 0 aliphatic heterocycles. The third-order valence-corrected chi connectivity index (χ3v) is 5.99. The van der Waals surface area contributed by atoms with Crippen LogP contribution in [0.2, 0.25) is 0 Å². The maximum Gasteiger partial charge on any atom is 0.242 e. The molecule has 0 heterocycles. The summed E-state index contributed by atoms with van der Waals surface area (Å²) in [7, 11) is -0.616. The van der Waals surface area contributed by atoms with Crippen molar-refractivity contribution in [3.05, 3.63) is 53.1 Å². The highest BCUT2D eigenvalue weighted by atomic mass is 32.2. The minimum absolute atomic E-state index is 0.139. The van der Waals surface area contributed by atoms with Gasteiger partial charge in [0.25, 0.3) is 0 Å². The van der Waals surface area contributed by atoms with Gasteiger partial charge in [0.2, 0.25) is 15.9 Å². The van der Waals surface area contributed by atoms with E-state index >= 15 is 0 Å². The quantitative estimate of drug-likeness (QED) is 0.787. The number of anilines is 1. The van der Waals surface area contributed by atoms with E-state index < -0.39 is 10.0 Å². The second-order valence-electron chi connectivity index (χ2n) is 6.68. The van der Waals surface area contributed by atoms with Crippen molar-refractivity contribution in [2.24, 2.45) is 0 Å². The number of ether oxygens (including phenoxy) is 1. The summed E-state index contributed by atoms with van der Waals surface area (Å²) in [6.07, 6.45) is 0.164. The van der Waals surface area contributed by atoms with E-state index in [0.29, 0.717) is 5.69 Å². The highest BCUT2D eigenvalue weighted by molar-refractivity contribution is 7.89. The lowest BCUT2D eigenvalue weighted by Crippen LogP contribution is -2.22. The minimum atomic E-state index is -3.56. The highest BCUT2D eigenvalue weighted by Crippen LogP contribution is 2.22. The lowest BCUT2D eigenvalue weighted by Gasteiger charge is -2.15. The Bertz CT molecular complexity index is 937. The number of carbonyl (C=O) groups is 1. The minimum Gasteiger partial charge on any atom is -0.493 e. The number of benzene rings is 2. The first-order valence-corrected chi connectivity index (χ1v) is 10.1. The normalized spacial score (nSPS) is 11.5. The Morgan fingerprint density at radius 2 is 1.74 bits per heavy atom. The van der Waals surface area contributed by atoms with E-state index in [1.165, 1.54) is 26.2 Å². The summed E-state index contributed by atoms with van der Waals surface area (Å²) >= 11 is 0. The largest absolute Gasteiger partial charge is 0.493 e. The molecule has 0 aliphatic carbocycles. The lowest BCUT2D eigenvalue weighted by molar-refractivity contribution is -0.116. The van der Waals surface area contributed by atoms with Crippen molar-refractivity contribution >= 4 is 21.6 Å². The second kappa shape index (κ2) is 8.54. The maximum absolute atomic E-state index is 12.3. The topological polar surface area (TPSA) is 75.7 Å². The molecule has 0 saturated carbocycles. The summed E-state index contributed by atoms with van der Waals surface area (Å²) in [5, 5.41) is 2.77. The molecule has 1 N–H and O–H groups in total. The average Bonchev–Trinajstić information content (AvgIpc) is 2.58. The molecular weight excluding hydrogens is 364 g/mol. The van der Waals surface area contributed by atoms with Gasteiger partial charge < -0.3 is 10.1 Å². The number of rotatable bonds is 7. The van der Waals surface area contributed by atoms with Gasteiger partial charge in [-0.1, -0.05) is 23.8 Å². The molecule has 0 atom stereocenters. The zero-order chi connectivity index (χ0) is 20.2. The fourth-order valence-electron chi connectivity index (χ4n) is 2.53.